The normalized spacial score (nSPS) is 18.6. The Bertz CT molecular complexity index is 311. The summed E-state index contributed by atoms with van der Waals surface area (Å²) in [6.45, 7) is 3.23. The smallest absolute Gasteiger partial charge is 0.451 e. The molecule has 0 bridgehead atoms. The van der Waals surface area contributed by atoms with Crippen molar-refractivity contribution < 1.29 is 19.9 Å². The molecule has 6 nitrogen and oxygen atoms in total. The summed E-state index contributed by atoms with van der Waals surface area (Å²) in [5.41, 5.74) is -0.889. The first-order valence-electron chi connectivity index (χ1n) is 8.01. The maximum absolute atomic E-state index is 11.6. The summed E-state index contributed by atoms with van der Waals surface area (Å²) in [5.74, 6) is -0.809. The largest absolute Gasteiger partial charge is 0.480 e. The van der Waals surface area contributed by atoms with Crippen molar-refractivity contribution >= 4 is 13.1 Å². The molecule has 0 aromatic rings. The number of hydrogen-bond donors (Lipinski definition) is 4. The molecule has 7 heteroatoms. The zero-order valence-electron chi connectivity index (χ0n) is 13.1. The molecule has 0 aliphatic carbocycles. The fraction of sp³-hybridized carbons (Fsp3) is 0.929. The number of likely N-dealkylation sites (N-methyl/N-ethyl adjacent to an activating group) is 1. The van der Waals surface area contributed by atoms with Gasteiger partial charge in [-0.1, -0.05) is 12.8 Å². The summed E-state index contributed by atoms with van der Waals surface area (Å²) in [6, 6.07) is 0. The lowest BCUT2D eigenvalue weighted by molar-refractivity contribution is -0.145. The third-order valence-corrected chi connectivity index (χ3v) is 4.48. The molecule has 21 heavy (non-hydrogen) atoms. The Morgan fingerprint density at radius 2 is 1.81 bits per heavy atom. The Kier molecular flexibility index (Phi) is 8.25. The number of rotatable bonds is 11. The van der Waals surface area contributed by atoms with E-state index >= 15 is 0 Å². The Morgan fingerprint density at radius 1 is 1.19 bits per heavy atom. The number of likely N-dealkylation sites (tertiary alicyclic amines) is 1. The second-order valence-electron chi connectivity index (χ2n) is 6.02. The zero-order valence-corrected chi connectivity index (χ0v) is 13.1. The van der Waals surface area contributed by atoms with E-state index in [0.717, 1.165) is 26.1 Å². The first-order valence-corrected chi connectivity index (χ1v) is 8.01. The summed E-state index contributed by atoms with van der Waals surface area (Å²) in [4.78, 5) is 14.0. The van der Waals surface area contributed by atoms with Crippen molar-refractivity contribution in [3.8, 4) is 0 Å². The molecule has 1 saturated heterocycles. The average Bonchev–Trinajstić information content (AvgIpc) is 2.94. The Labute approximate surface area is 127 Å². The van der Waals surface area contributed by atoms with Crippen LogP contribution in [-0.4, -0.2) is 65.4 Å². The van der Waals surface area contributed by atoms with Crippen LogP contribution >= 0.6 is 0 Å². The molecule has 1 aliphatic heterocycles. The highest BCUT2D eigenvalue weighted by molar-refractivity contribution is 6.40. The SMILES string of the molecule is CNC(CCCCB(O)O)(CCCN1CCCC1)C(=O)O. The molecule has 0 spiro atoms. The van der Waals surface area contributed by atoms with Crippen molar-refractivity contribution in [3.05, 3.63) is 0 Å². The van der Waals surface area contributed by atoms with Gasteiger partial charge in [-0.15, -0.1) is 0 Å². The lowest BCUT2D eigenvalue weighted by Crippen LogP contribution is -2.50. The minimum Gasteiger partial charge on any atom is -0.480 e. The minimum absolute atomic E-state index is 0.299. The highest BCUT2D eigenvalue weighted by Gasteiger charge is 2.35. The number of nitrogens with zero attached hydrogens (tertiary/aromatic N) is 1. The topological polar surface area (TPSA) is 93.0 Å². The molecule has 1 unspecified atom stereocenters. The summed E-state index contributed by atoms with van der Waals surface area (Å²) in [7, 11) is 0.402. The molecule has 1 rings (SSSR count). The van der Waals surface area contributed by atoms with Crippen LogP contribution in [-0.2, 0) is 4.79 Å². The number of carboxylic acid groups (broad SMARTS) is 1. The van der Waals surface area contributed by atoms with Crippen LogP contribution in [0.25, 0.3) is 0 Å². The number of carboxylic acids is 1. The van der Waals surface area contributed by atoms with Gasteiger partial charge in [0.25, 0.3) is 0 Å². The summed E-state index contributed by atoms with van der Waals surface area (Å²) >= 11 is 0. The van der Waals surface area contributed by atoms with Crippen LogP contribution in [0, 0.1) is 0 Å². The maximum atomic E-state index is 11.6. The van der Waals surface area contributed by atoms with Gasteiger partial charge in [0, 0.05) is 0 Å². The van der Waals surface area contributed by atoms with E-state index in [-0.39, 0.29) is 0 Å². The van der Waals surface area contributed by atoms with Crippen molar-refractivity contribution in [1.29, 1.82) is 0 Å². The van der Waals surface area contributed by atoms with Gasteiger partial charge in [-0.2, -0.15) is 0 Å². The lowest BCUT2D eigenvalue weighted by atomic mass is 9.81. The second-order valence-corrected chi connectivity index (χ2v) is 6.02. The fourth-order valence-corrected chi connectivity index (χ4v) is 3.06. The molecule has 0 aromatic heterocycles. The molecule has 0 saturated carbocycles. The van der Waals surface area contributed by atoms with Crippen molar-refractivity contribution in [1.82, 2.24) is 10.2 Å². The lowest BCUT2D eigenvalue weighted by Gasteiger charge is -2.30. The molecule has 1 aliphatic rings. The van der Waals surface area contributed by atoms with Crippen LogP contribution in [0.3, 0.4) is 0 Å². The monoisotopic (exact) mass is 300 g/mol. The molecule has 1 atom stereocenters. The first-order chi connectivity index (χ1) is 10.00. The fourth-order valence-electron chi connectivity index (χ4n) is 3.06. The molecular weight excluding hydrogens is 271 g/mol. The molecular formula is C14H29BN2O4. The molecule has 0 radical (unpaired) electrons. The van der Waals surface area contributed by atoms with Crippen LogP contribution in [0.4, 0.5) is 0 Å². The summed E-state index contributed by atoms with van der Waals surface area (Å²) < 4.78 is 0. The molecule has 122 valence electrons. The molecule has 1 fully saturated rings. The minimum atomic E-state index is -1.30. The van der Waals surface area contributed by atoms with E-state index in [1.807, 2.05) is 0 Å². The Morgan fingerprint density at radius 3 is 2.33 bits per heavy atom. The van der Waals surface area contributed by atoms with Crippen molar-refractivity contribution in [2.24, 2.45) is 0 Å². The van der Waals surface area contributed by atoms with Gasteiger partial charge in [0.05, 0.1) is 0 Å². The first kappa shape index (κ1) is 18.4. The van der Waals surface area contributed by atoms with Gasteiger partial charge in [-0.3, -0.25) is 4.79 Å². The van der Waals surface area contributed by atoms with E-state index in [0.29, 0.717) is 32.0 Å². The van der Waals surface area contributed by atoms with E-state index in [4.69, 9.17) is 10.0 Å². The Balaban J connectivity index is 2.38. The van der Waals surface area contributed by atoms with Gasteiger partial charge in [0.2, 0.25) is 0 Å². The van der Waals surface area contributed by atoms with Crippen molar-refractivity contribution in [2.45, 2.75) is 56.8 Å². The predicted molar refractivity (Wildman–Crippen MR) is 83.2 cm³/mol. The van der Waals surface area contributed by atoms with E-state index in [2.05, 4.69) is 10.2 Å². The number of aliphatic carboxylic acids is 1. The van der Waals surface area contributed by atoms with Gasteiger partial charge in [0.15, 0.2) is 0 Å². The number of nitrogens with one attached hydrogen (secondary N) is 1. The van der Waals surface area contributed by atoms with Gasteiger partial charge >= 0.3 is 13.1 Å². The van der Waals surface area contributed by atoms with Gasteiger partial charge < -0.3 is 25.4 Å². The van der Waals surface area contributed by atoms with E-state index in [1.54, 1.807) is 7.05 Å². The maximum Gasteiger partial charge on any atom is 0.451 e. The van der Waals surface area contributed by atoms with E-state index in [9.17, 15) is 9.90 Å². The predicted octanol–water partition coefficient (Wildman–Crippen LogP) is 0.548. The average molecular weight is 300 g/mol. The summed E-state index contributed by atoms with van der Waals surface area (Å²) in [5, 5.41) is 30.2. The quantitative estimate of drug-likeness (QED) is 0.329. The number of hydrogen-bond acceptors (Lipinski definition) is 5. The highest BCUT2D eigenvalue weighted by atomic mass is 16.4. The van der Waals surface area contributed by atoms with Crippen LogP contribution in [0.15, 0.2) is 0 Å². The van der Waals surface area contributed by atoms with Crippen LogP contribution < -0.4 is 5.32 Å². The number of unbranched alkanes of at least 4 members (excludes halogenated alkanes) is 1. The third kappa shape index (κ3) is 6.34. The van der Waals surface area contributed by atoms with Crippen LogP contribution in [0.1, 0.15) is 44.9 Å². The van der Waals surface area contributed by atoms with Crippen LogP contribution in [0.5, 0.6) is 0 Å². The van der Waals surface area contributed by atoms with Gasteiger partial charge in [-0.25, -0.2) is 0 Å². The van der Waals surface area contributed by atoms with Crippen molar-refractivity contribution in [2.75, 3.05) is 26.7 Å². The van der Waals surface area contributed by atoms with Gasteiger partial charge in [-0.05, 0) is 65.1 Å². The summed E-state index contributed by atoms with van der Waals surface area (Å²) in [6.07, 6.45) is 6.10. The van der Waals surface area contributed by atoms with E-state index < -0.39 is 18.6 Å². The van der Waals surface area contributed by atoms with Crippen LogP contribution in [0.2, 0.25) is 6.32 Å². The standard InChI is InChI=1S/C14H29BN2O4/c1-16-14(13(18)19,7-2-3-9-15(20)21)8-6-12-17-10-4-5-11-17/h16,20-21H,2-12H2,1H3,(H,18,19). The number of carbonyl (C=O) groups is 1. The third-order valence-electron chi connectivity index (χ3n) is 4.48. The molecule has 0 amide bonds. The zero-order chi connectivity index (χ0) is 15.7. The molecule has 1 heterocycles. The van der Waals surface area contributed by atoms with E-state index in [1.165, 1.54) is 12.8 Å². The second kappa shape index (κ2) is 9.40. The Hall–Kier alpha value is -0.625. The highest BCUT2D eigenvalue weighted by Crippen LogP contribution is 2.22. The molecule has 4 N–H and O–H groups in total. The van der Waals surface area contributed by atoms with Crippen molar-refractivity contribution in [3.63, 3.8) is 0 Å². The van der Waals surface area contributed by atoms with Gasteiger partial charge in [0.1, 0.15) is 5.54 Å². The molecule has 0 aromatic carbocycles.